The highest BCUT2D eigenvalue weighted by Gasteiger charge is 2.28. The lowest BCUT2D eigenvalue weighted by molar-refractivity contribution is -0.131. The number of hydrogen-bond acceptors (Lipinski definition) is 30. The van der Waals surface area contributed by atoms with Gasteiger partial charge in [0.15, 0.2) is 29.2 Å². The molecule has 0 bridgehead atoms. The lowest BCUT2D eigenvalue weighted by atomic mass is 10.0. The van der Waals surface area contributed by atoms with E-state index in [1.807, 2.05) is 198 Å². The topological polar surface area (TPSA) is 493 Å². The van der Waals surface area contributed by atoms with Crippen LogP contribution in [0.25, 0.3) is 105 Å². The Kier molecular flexibility index (Phi) is 24.1. The standard InChI is InChI=1S/C26H26N10O2S.C26H25N9O.C26H24N8O.C25H23N9O/c1-15-18(10-30-26-24(15)31-13-39(2,37)14-38-26)20-7-16-8-21(29-11-19(16)25(27)32-20)33-22-9-17-3-5-35-6-4-28-23(35)12-36(17)34-22;1-16-19(5-3-6-22(16)34-9-4-8-29-34)21-11-17-12-23(28-14-20(17)26(27)30-21)31-24-13-18-7-10-33(2)25(36)15-35(18)32-24;1-17-21(4-3-5-23(17)33-9-7-27-16-33)22-10-18-11-24(29-14-19(18)13-28-22)30-25-12-20-6-8-32(2)26(35)15-34(20)31-25;1-15-18(4-2-5-21(15)33-9-3-7-29-33)20-10-16-11-22(28-13-19(16)25(26)30-20)31-23-12-17-6-8-27-24(35)14-34(17)32-23/h4,6-11,31H,2-3,5,12-14H2,1H3,(H2,27,32)(H,29,33,34);3-6,8-9,11-14H,7,10,15H2,1-2H3,(H2,27,30)(H,28,31,32);3-5,7,9-14,16H,6,8,15H2,1-2H3,(H,29,30,31);2-5,7,9-13H,6,8,14H2,1H3,(H2,26,30)(H,27,35)(H,28,31,32). The summed E-state index contributed by atoms with van der Waals surface area (Å²) in [5.74, 6) is 12.0. The average molecular weight is 1950 g/mol. The van der Waals surface area contributed by atoms with Crippen molar-refractivity contribution in [2.45, 2.75) is 86.1 Å². The number of nitrogen functional groups attached to an aromatic ring is 3. The Morgan fingerprint density at radius 1 is 0.414 bits per heavy atom. The van der Waals surface area contributed by atoms with E-state index in [-0.39, 0.29) is 49.2 Å². The average Bonchev–Trinajstić information content (AvgIpc) is 1.73. The second-order valence-electron chi connectivity index (χ2n) is 36.0. The Balaban J connectivity index is 0.000000110. The van der Waals surface area contributed by atoms with Gasteiger partial charge in [0, 0.05) is 253 Å². The molecule has 0 saturated heterocycles. The third kappa shape index (κ3) is 18.9. The second kappa shape index (κ2) is 38.2. The van der Waals surface area contributed by atoms with Crippen LogP contribution in [0.4, 0.5) is 69.7 Å². The normalized spacial score (nSPS) is 14.8. The summed E-state index contributed by atoms with van der Waals surface area (Å²) in [5.41, 5.74) is 38.0. The zero-order valence-corrected chi connectivity index (χ0v) is 80.6. The zero-order valence-electron chi connectivity index (χ0n) is 79.8. The predicted octanol–water partition coefficient (Wildman–Crippen LogP) is 12.8. The molecule has 3 amide bonds. The summed E-state index contributed by atoms with van der Waals surface area (Å²) in [6.45, 7) is 12.3. The molecule has 17 aromatic heterocycles. The lowest BCUT2D eigenvalue weighted by Crippen LogP contribution is -2.29. The van der Waals surface area contributed by atoms with Crippen molar-refractivity contribution in [3.8, 4) is 68.0 Å². The second-order valence-corrected chi connectivity index (χ2v) is 38.5. The van der Waals surface area contributed by atoms with Crippen molar-refractivity contribution in [3.05, 3.63) is 283 Å². The molecule has 0 radical (unpaired) electrons. The number of rotatable bonds is 15. The van der Waals surface area contributed by atoms with Gasteiger partial charge in [0.2, 0.25) is 23.6 Å². The number of fused-ring (bicyclic) bond motifs is 10. The molecule has 5 aliphatic rings. The van der Waals surface area contributed by atoms with Crippen molar-refractivity contribution in [2.24, 2.45) is 0 Å². The number of hydrogen-bond donors (Lipinski definition) is 9. The van der Waals surface area contributed by atoms with Crippen LogP contribution < -0.4 is 53.8 Å². The van der Waals surface area contributed by atoms with Gasteiger partial charge in [-0.05, 0) is 156 Å². The number of carbonyl (C=O) groups excluding carboxylic acids is 3. The van der Waals surface area contributed by atoms with E-state index in [0.29, 0.717) is 102 Å². The summed E-state index contributed by atoms with van der Waals surface area (Å²) in [6, 6.07) is 45.9. The molecule has 145 heavy (non-hydrogen) atoms. The largest absolute Gasteiger partial charge is 0.463 e. The maximum Gasteiger partial charge on any atom is 0.244 e. The molecule has 42 heteroatoms. The van der Waals surface area contributed by atoms with E-state index in [0.717, 1.165) is 188 Å². The minimum atomic E-state index is -2.39. The molecule has 0 spiro atoms. The fourth-order valence-corrected chi connectivity index (χ4v) is 19.3. The Hall–Kier alpha value is -18.6. The van der Waals surface area contributed by atoms with Crippen molar-refractivity contribution in [1.82, 2.24) is 138 Å². The number of benzene rings is 3. The number of amides is 3. The molecule has 0 saturated carbocycles. The number of aryl methyl sites for hydroxylation is 2. The van der Waals surface area contributed by atoms with Gasteiger partial charge in [0.1, 0.15) is 71.9 Å². The van der Waals surface area contributed by atoms with Crippen molar-refractivity contribution in [1.29, 1.82) is 0 Å². The number of anilines is 12. The molecular formula is C103H98N36O5S. The van der Waals surface area contributed by atoms with Gasteiger partial charge in [0.25, 0.3) is 0 Å². The van der Waals surface area contributed by atoms with Crippen LogP contribution in [0, 0.1) is 27.7 Å². The molecule has 0 aliphatic carbocycles. The van der Waals surface area contributed by atoms with Gasteiger partial charge in [-0.2, -0.15) is 30.6 Å². The Labute approximate surface area is 829 Å². The smallest absolute Gasteiger partial charge is 0.244 e. The maximum absolute atomic E-state index is 12.4. The first-order chi connectivity index (χ1) is 70.4. The van der Waals surface area contributed by atoms with Crippen LogP contribution >= 0.6 is 0 Å². The van der Waals surface area contributed by atoms with Gasteiger partial charge in [-0.25, -0.2) is 59.2 Å². The Morgan fingerprint density at radius 2 is 0.869 bits per heavy atom. The first-order valence-electron chi connectivity index (χ1n) is 46.9. The van der Waals surface area contributed by atoms with Crippen LogP contribution in [0.2, 0.25) is 0 Å². The molecule has 41 nitrogen and oxygen atoms in total. The predicted molar refractivity (Wildman–Crippen MR) is 557 cm³/mol. The van der Waals surface area contributed by atoms with Gasteiger partial charge in [-0.3, -0.25) is 42.3 Å². The molecule has 22 heterocycles. The van der Waals surface area contributed by atoms with Crippen molar-refractivity contribution >= 4 is 146 Å². The summed E-state index contributed by atoms with van der Waals surface area (Å²) < 4.78 is 33.2. The van der Waals surface area contributed by atoms with E-state index < -0.39 is 9.52 Å². The minimum Gasteiger partial charge on any atom is -0.463 e. The van der Waals surface area contributed by atoms with Crippen LogP contribution in [0.5, 0.6) is 5.88 Å². The fourth-order valence-electron chi connectivity index (χ4n) is 18.5. The van der Waals surface area contributed by atoms with E-state index in [1.165, 1.54) is 0 Å². The summed E-state index contributed by atoms with van der Waals surface area (Å²) >= 11 is 0. The van der Waals surface area contributed by atoms with E-state index in [2.05, 4.69) is 163 Å². The van der Waals surface area contributed by atoms with Crippen molar-refractivity contribution in [2.75, 3.05) is 89.3 Å². The highest BCUT2D eigenvalue weighted by molar-refractivity contribution is 8.00. The molecule has 3 aromatic carbocycles. The monoisotopic (exact) mass is 1950 g/mol. The van der Waals surface area contributed by atoms with Crippen molar-refractivity contribution < 1.29 is 23.3 Å². The summed E-state index contributed by atoms with van der Waals surface area (Å²) in [5, 5.41) is 53.3. The number of imidazole rings is 2. The van der Waals surface area contributed by atoms with Gasteiger partial charge in [-0.1, -0.05) is 36.4 Å². The van der Waals surface area contributed by atoms with Crippen LogP contribution in [-0.4, -0.2) is 206 Å². The van der Waals surface area contributed by atoms with E-state index in [9.17, 15) is 18.6 Å². The number of nitrogens with two attached hydrogens (primary N) is 3. The molecule has 1 unspecified atom stereocenters. The highest BCUT2D eigenvalue weighted by Crippen LogP contribution is 2.40. The van der Waals surface area contributed by atoms with Crippen LogP contribution in [0.15, 0.2) is 233 Å². The SMILES string of the molecule is C=S1(=O)CNc2c(ncc(-c3cc4cc(Nc5cc6n(n5)Cc5nccn5CC6)ncc4c(N)n3)c2C)OC1.Cc1c(-c2cc3cc(Nc4cc5n(n4)CC(=O)N(C)CC5)ncc3c(N)n2)cccc1-n1cccn1.Cc1c(-c2cc3cc(Nc4cc5n(n4)CC(=O)N(C)CC5)ncc3cn2)cccc1-n1ccnc1.Cc1c(-c2cc3cc(Nc4cc5n(n4)CC(=O)NCC5)ncc3c(N)n2)cccc1-n1cccn1. The van der Waals surface area contributed by atoms with Crippen LogP contribution in [0.1, 0.15) is 50.9 Å². The van der Waals surface area contributed by atoms with Crippen LogP contribution in [0.3, 0.4) is 0 Å². The van der Waals surface area contributed by atoms with Crippen LogP contribution in [-0.2, 0) is 82.3 Å². The number of nitrogens with zero attached hydrogens (tertiary/aromatic N) is 27. The summed E-state index contributed by atoms with van der Waals surface area (Å²) in [6.07, 6.45) is 30.3. The summed E-state index contributed by atoms with van der Waals surface area (Å²) in [4.78, 5) is 89.5. The highest BCUT2D eigenvalue weighted by atomic mass is 32.2. The van der Waals surface area contributed by atoms with E-state index >= 15 is 0 Å². The van der Waals surface area contributed by atoms with Gasteiger partial charge in [0.05, 0.1) is 58.6 Å². The molecule has 0 fully saturated rings. The first kappa shape index (κ1) is 91.4. The van der Waals surface area contributed by atoms with Crippen molar-refractivity contribution in [3.63, 3.8) is 0 Å². The molecule has 726 valence electrons. The molecule has 25 rings (SSSR count). The zero-order chi connectivity index (χ0) is 99.4. The number of carbonyl (C=O) groups is 3. The van der Waals surface area contributed by atoms with Gasteiger partial charge >= 0.3 is 0 Å². The quantitative estimate of drug-likeness (QED) is 0.0430. The molecular weight excluding hydrogens is 1850 g/mol. The molecule has 20 aromatic rings. The molecule has 12 N–H and O–H groups in total. The number of pyridine rings is 9. The number of likely N-dealkylation sites (N-methyl/N-ethyl adjacent to an activating group) is 2. The summed E-state index contributed by atoms with van der Waals surface area (Å²) in [7, 11) is 1.25. The maximum atomic E-state index is 12.4. The Morgan fingerprint density at radius 3 is 1.38 bits per heavy atom. The third-order valence-electron chi connectivity index (χ3n) is 26.4. The molecule has 5 aliphatic heterocycles. The van der Waals surface area contributed by atoms with E-state index in [4.69, 9.17) is 32.0 Å². The number of nitrogens with one attached hydrogen (secondary N) is 6. The van der Waals surface area contributed by atoms with Gasteiger partial charge < -0.3 is 72.8 Å². The lowest BCUT2D eigenvalue weighted by Gasteiger charge is -2.14. The van der Waals surface area contributed by atoms with Gasteiger partial charge in [-0.15, -0.1) is 0 Å². The number of ether oxygens (including phenoxy) is 1. The minimum absolute atomic E-state index is 0.0207. The molecule has 1 atom stereocenters. The third-order valence-corrected chi connectivity index (χ3v) is 27.6. The number of aromatic nitrogens is 25. The fraction of sp³-hybridized carbons (Fsp3) is 0.194. The Bertz CT molecular complexity index is 8580. The van der Waals surface area contributed by atoms with E-state index in [1.54, 1.807) is 73.6 Å². The first-order valence-corrected chi connectivity index (χ1v) is 49.0.